The average Bonchev–Trinajstić information content (AvgIpc) is 2.52. The molecule has 2 amide bonds. The third kappa shape index (κ3) is 2.53. The molecule has 0 N–H and O–H groups in total. The normalized spacial score (nSPS) is 22.4. The second-order valence-corrected chi connectivity index (χ2v) is 5.58. The maximum atomic E-state index is 12.8. The molecule has 112 valence electrons. The smallest absolute Gasteiger partial charge is 0.250 e. The van der Waals surface area contributed by atoms with Crippen LogP contribution in [0.25, 0.3) is 0 Å². The summed E-state index contributed by atoms with van der Waals surface area (Å²) in [5.41, 5.74) is 1.73. The molecule has 0 aromatic heterocycles. The van der Waals surface area contributed by atoms with Gasteiger partial charge in [-0.2, -0.15) is 0 Å². The zero-order valence-corrected chi connectivity index (χ0v) is 12.2. The molecule has 1 atom stereocenters. The van der Waals surface area contributed by atoms with Crippen LogP contribution in [0.2, 0.25) is 0 Å². The number of hydrogen-bond donors (Lipinski definition) is 0. The van der Waals surface area contributed by atoms with Crippen LogP contribution in [0.3, 0.4) is 0 Å². The maximum absolute atomic E-state index is 12.8. The molecule has 1 unspecified atom stereocenters. The van der Waals surface area contributed by atoms with E-state index in [0.717, 1.165) is 30.5 Å². The molecule has 2 aliphatic heterocycles. The van der Waals surface area contributed by atoms with Gasteiger partial charge in [0.15, 0.2) is 0 Å². The number of piperidine rings is 1. The summed E-state index contributed by atoms with van der Waals surface area (Å²) < 4.78 is 5.19. The second kappa shape index (κ2) is 5.85. The molecular weight excluding hydrogens is 268 g/mol. The van der Waals surface area contributed by atoms with Gasteiger partial charge in [-0.1, -0.05) is 18.2 Å². The average molecular weight is 288 g/mol. The van der Waals surface area contributed by atoms with Gasteiger partial charge in [0.05, 0.1) is 6.61 Å². The van der Waals surface area contributed by atoms with Crippen LogP contribution >= 0.6 is 0 Å². The molecule has 5 heteroatoms. The Morgan fingerprint density at radius 3 is 2.86 bits per heavy atom. The minimum atomic E-state index is -0.282. The van der Waals surface area contributed by atoms with Gasteiger partial charge in [0.1, 0.15) is 12.6 Å². The van der Waals surface area contributed by atoms with E-state index in [0.29, 0.717) is 13.2 Å². The Morgan fingerprint density at radius 2 is 2.05 bits per heavy atom. The van der Waals surface area contributed by atoms with Crippen molar-refractivity contribution < 1.29 is 14.3 Å². The van der Waals surface area contributed by atoms with Crippen molar-refractivity contribution in [2.75, 3.05) is 25.1 Å². The van der Waals surface area contributed by atoms with Gasteiger partial charge in [0, 0.05) is 24.9 Å². The maximum Gasteiger partial charge on any atom is 0.250 e. The number of hydrogen-bond acceptors (Lipinski definition) is 3. The fourth-order valence-corrected chi connectivity index (χ4v) is 3.23. The number of benzene rings is 1. The number of ether oxygens (including phenoxy) is 1. The molecule has 5 nitrogen and oxygen atoms in total. The first kappa shape index (κ1) is 14.1. The van der Waals surface area contributed by atoms with Gasteiger partial charge in [0.25, 0.3) is 0 Å². The molecule has 0 spiro atoms. The Bertz CT molecular complexity index is 558. The second-order valence-electron chi connectivity index (χ2n) is 5.58. The highest BCUT2D eigenvalue weighted by Gasteiger charge is 2.41. The van der Waals surface area contributed by atoms with Gasteiger partial charge in [-0.05, 0) is 25.3 Å². The summed E-state index contributed by atoms with van der Waals surface area (Å²) in [6.45, 7) is 1.28. The molecule has 0 saturated carbocycles. The van der Waals surface area contributed by atoms with Crippen LogP contribution in [0, 0.1) is 0 Å². The molecule has 0 bridgehead atoms. The van der Waals surface area contributed by atoms with E-state index in [9.17, 15) is 9.59 Å². The van der Waals surface area contributed by atoms with Gasteiger partial charge in [0.2, 0.25) is 11.8 Å². The minimum absolute atomic E-state index is 0.0397. The van der Waals surface area contributed by atoms with E-state index in [4.69, 9.17) is 4.74 Å². The fourth-order valence-electron chi connectivity index (χ4n) is 3.23. The van der Waals surface area contributed by atoms with Crippen molar-refractivity contribution >= 4 is 17.5 Å². The monoisotopic (exact) mass is 288 g/mol. The highest BCUT2D eigenvalue weighted by atomic mass is 16.5. The van der Waals surface area contributed by atoms with Gasteiger partial charge in [-0.3, -0.25) is 9.59 Å². The summed E-state index contributed by atoms with van der Waals surface area (Å²) in [5.74, 6) is 0.0874. The Balaban J connectivity index is 1.92. The van der Waals surface area contributed by atoms with E-state index in [2.05, 4.69) is 0 Å². The first-order valence-electron chi connectivity index (χ1n) is 7.40. The summed E-state index contributed by atoms with van der Waals surface area (Å²) in [5, 5.41) is 0. The number of carbonyl (C=O) groups excluding carboxylic acids is 2. The summed E-state index contributed by atoms with van der Waals surface area (Å²) in [6.07, 6.45) is 2.77. The number of carbonyl (C=O) groups is 2. The molecule has 3 rings (SSSR count). The molecule has 21 heavy (non-hydrogen) atoms. The van der Waals surface area contributed by atoms with E-state index in [-0.39, 0.29) is 24.4 Å². The lowest BCUT2D eigenvalue weighted by atomic mass is 9.97. The van der Waals surface area contributed by atoms with E-state index >= 15 is 0 Å². The third-order valence-electron chi connectivity index (χ3n) is 4.25. The minimum Gasteiger partial charge on any atom is -0.380 e. The van der Waals surface area contributed by atoms with Crippen molar-refractivity contribution in [1.29, 1.82) is 0 Å². The van der Waals surface area contributed by atoms with Crippen molar-refractivity contribution in [1.82, 2.24) is 4.90 Å². The zero-order valence-electron chi connectivity index (χ0n) is 12.2. The molecule has 2 aliphatic rings. The van der Waals surface area contributed by atoms with Crippen LogP contribution < -0.4 is 4.90 Å². The highest BCUT2D eigenvalue weighted by molar-refractivity contribution is 6.07. The van der Waals surface area contributed by atoms with Crippen LogP contribution in [0.5, 0.6) is 0 Å². The Hall–Kier alpha value is -1.88. The van der Waals surface area contributed by atoms with E-state index < -0.39 is 0 Å². The quantitative estimate of drug-likeness (QED) is 0.848. The van der Waals surface area contributed by atoms with E-state index in [1.807, 2.05) is 24.3 Å². The number of fused-ring (bicyclic) bond motifs is 1. The number of anilines is 1. The lowest BCUT2D eigenvalue weighted by molar-refractivity contribution is -0.144. The first-order chi connectivity index (χ1) is 10.2. The molecule has 0 radical (unpaired) electrons. The molecule has 0 aliphatic carbocycles. The third-order valence-corrected chi connectivity index (χ3v) is 4.25. The Labute approximate surface area is 124 Å². The highest BCUT2D eigenvalue weighted by Crippen LogP contribution is 2.29. The summed E-state index contributed by atoms with van der Waals surface area (Å²) >= 11 is 0. The topological polar surface area (TPSA) is 49.9 Å². The van der Waals surface area contributed by atoms with Crippen LogP contribution in [-0.2, 0) is 20.9 Å². The molecule has 2 saturated heterocycles. The molecule has 2 heterocycles. The van der Waals surface area contributed by atoms with Gasteiger partial charge in [-0.15, -0.1) is 0 Å². The molecular formula is C16H20N2O3. The van der Waals surface area contributed by atoms with Crippen LogP contribution in [-0.4, -0.2) is 43.0 Å². The van der Waals surface area contributed by atoms with Gasteiger partial charge < -0.3 is 14.5 Å². The Kier molecular flexibility index (Phi) is 3.92. The largest absolute Gasteiger partial charge is 0.380 e. The van der Waals surface area contributed by atoms with Crippen LogP contribution in [0.15, 0.2) is 24.3 Å². The summed E-state index contributed by atoms with van der Waals surface area (Å²) in [7, 11) is 1.63. The van der Waals surface area contributed by atoms with Crippen LogP contribution in [0.1, 0.15) is 24.8 Å². The molecule has 1 aromatic carbocycles. The number of amides is 2. The molecule has 2 fully saturated rings. The van der Waals surface area contributed by atoms with Crippen molar-refractivity contribution in [3.63, 3.8) is 0 Å². The number of nitrogens with zero attached hydrogens (tertiary/aromatic N) is 2. The first-order valence-corrected chi connectivity index (χ1v) is 7.40. The Morgan fingerprint density at radius 1 is 1.24 bits per heavy atom. The van der Waals surface area contributed by atoms with Crippen molar-refractivity contribution in [2.45, 2.75) is 31.9 Å². The summed E-state index contributed by atoms with van der Waals surface area (Å²) in [6, 6.07) is 7.35. The predicted octanol–water partition coefficient (Wildman–Crippen LogP) is 1.56. The lowest BCUT2D eigenvalue weighted by Gasteiger charge is -2.43. The van der Waals surface area contributed by atoms with Crippen molar-refractivity contribution in [3.8, 4) is 0 Å². The van der Waals surface area contributed by atoms with E-state index in [1.165, 1.54) is 0 Å². The lowest BCUT2D eigenvalue weighted by Crippen LogP contribution is -2.61. The number of methoxy groups -OCH3 is 1. The predicted molar refractivity (Wildman–Crippen MR) is 78.9 cm³/mol. The van der Waals surface area contributed by atoms with Crippen molar-refractivity contribution in [3.05, 3.63) is 29.8 Å². The standard InChI is InChI=1S/C16H20N2O3/c1-21-11-12-6-2-3-7-13(12)18-10-15(19)17-9-5-4-8-14(17)16(18)20/h2-3,6-7,14H,4-5,8-11H2,1H3. The summed E-state index contributed by atoms with van der Waals surface area (Å²) in [4.78, 5) is 28.5. The van der Waals surface area contributed by atoms with E-state index in [1.54, 1.807) is 16.9 Å². The fraction of sp³-hybridized carbons (Fsp3) is 0.500. The van der Waals surface area contributed by atoms with Crippen LogP contribution in [0.4, 0.5) is 5.69 Å². The SMILES string of the molecule is COCc1ccccc1N1CC(=O)N2CCCCC2C1=O. The van der Waals surface area contributed by atoms with Gasteiger partial charge >= 0.3 is 0 Å². The number of para-hydroxylation sites is 1. The number of rotatable bonds is 3. The van der Waals surface area contributed by atoms with Crippen molar-refractivity contribution in [2.24, 2.45) is 0 Å². The van der Waals surface area contributed by atoms with Gasteiger partial charge in [-0.25, -0.2) is 0 Å². The number of piperazine rings is 1. The molecule has 1 aromatic rings. The zero-order chi connectivity index (χ0) is 14.8.